The van der Waals surface area contributed by atoms with Crippen LogP contribution in [0.5, 0.6) is 5.75 Å². The summed E-state index contributed by atoms with van der Waals surface area (Å²) < 4.78 is 15.3. The summed E-state index contributed by atoms with van der Waals surface area (Å²) in [6.45, 7) is 3.47. The maximum absolute atomic E-state index is 12.7. The number of hydrogen-bond acceptors (Lipinski definition) is 5. The maximum Gasteiger partial charge on any atom is 0.514 e. The number of carbonyl (C=O) groups is 1. The van der Waals surface area contributed by atoms with Crippen LogP contribution in [0.2, 0.25) is 10.0 Å². The Bertz CT molecular complexity index is 1060. The van der Waals surface area contributed by atoms with E-state index in [0.29, 0.717) is 26.6 Å². The van der Waals surface area contributed by atoms with Crippen molar-refractivity contribution in [3.63, 3.8) is 0 Å². The highest BCUT2D eigenvalue weighted by Gasteiger charge is 2.14. The minimum Gasteiger partial charge on any atom is -0.463 e. The second-order valence-electron chi connectivity index (χ2n) is 5.21. The number of halogens is 2. The topological polar surface area (TPSA) is 65.7 Å². The van der Waals surface area contributed by atoms with Gasteiger partial charge in [-0.05, 0) is 24.3 Å². The summed E-state index contributed by atoms with van der Waals surface area (Å²) in [4.78, 5) is 24.2. The van der Waals surface area contributed by atoms with Crippen molar-refractivity contribution in [2.45, 2.75) is 0 Å². The Morgan fingerprint density at radius 2 is 1.96 bits per heavy atom. The summed E-state index contributed by atoms with van der Waals surface area (Å²) in [5, 5.41) is 1.13. The van der Waals surface area contributed by atoms with Crippen LogP contribution in [0.4, 0.5) is 4.79 Å². The molecule has 0 saturated heterocycles. The fourth-order valence-electron chi connectivity index (χ4n) is 2.32. The van der Waals surface area contributed by atoms with E-state index in [4.69, 9.17) is 37.1 Å². The van der Waals surface area contributed by atoms with Gasteiger partial charge in [-0.3, -0.25) is 4.79 Å². The molecule has 0 bridgehead atoms. The second kappa shape index (κ2) is 7.64. The third kappa shape index (κ3) is 3.74. The summed E-state index contributed by atoms with van der Waals surface area (Å²) in [6.07, 6.45) is 1.85. The first-order valence-electron chi connectivity index (χ1n) is 7.46. The molecule has 1 aromatic heterocycles. The molecule has 3 rings (SSSR count). The molecule has 7 heteroatoms. The van der Waals surface area contributed by atoms with Gasteiger partial charge in [-0.2, -0.15) is 0 Å². The molecule has 0 N–H and O–H groups in total. The summed E-state index contributed by atoms with van der Waals surface area (Å²) in [6, 6.07) is 9.24. The van der Waals surface area contributed by atoms with Gasteiger partial charge in [0.2, 0.25) is 5.43 Å². The van der Waals surface area contributed by atoms with Crippen molar-refractivity contribution in [3.05, 3.63) is 75.6 Å². The van der Waals surface area contributed by atoms with Gasteiger partial charge in [0.1, 0.15) is 24.2 Å². The third-order valence-electron chi connectivity index (χ3n) is 3.49. The smallest absolute Gasteiger partial charge is 0.463 e. The lowest BCUT2D eigenvalue weighted by atomic mass is 10.1. The Kier molecular flexibility index (Phi) is 5.30. The van der Waals surface area contributed by atoms with Gasteiger partial charge < -0.3 is 13.9 Å². The van der Waals surface area contributed by atoms with E-state index in [1.165, 1.54) is 30.5 Å². The van der Waals surface area contributed by atoms with Gasteiger partial charge >= 0.3 is 6.16 Å². The largest absolute Gasteiger partial charge is 0.514 e. The minimum atomic E-state index is -0.879. The number of fused-ring (bicyclic) bond motifs is 1. The van der Waals surface area contributed by atoms with E-state index in [-0.39, 0.29) is 23.4 Å². The van der Waals surface area contributed by atoms with E-state index >= 15 is 0 Å². The Morgan fingerprint density at radius 1 is 1.15 bits per heavy atom. The van der Waals surface area contributed by atoms with Crippen molar-refractivity contribution < 1.29 is 18.7 Å². The van der Waals surface area contributed by atoms with Crippen LogP contribution in [0.3, 0.4) is 0 Å². The van der Waals surface area contributed by atoms with Gasteiger partial charge in [-0.25, -0.2) is 4.79 Å². The van der Waals surface area contributed by atoms with E-state index in [9.17, 15) is 9.59 Å². The Balaban J connectivity index is 1.97. The highest BCUT2D eigenvalue weighted by Crippen LogP contribution is 2.30. The van der Waals surface area contributed by atoms with Crippen LogP contribution in [-0.2, 0) is 4.74 Å². The monoisotopic (exact) mass is 390 g/mol. The van der Waals surface area contributed by atoms with Crippen molar-refractivity contribution in [1.29, 1.82) is 0 Å². The Hall–Kier alpha value is -2.76. The van der Waals surface area contributed by atoms with E-state index in [0.717, 1.165) is 0 Å². The zero-order valence-electron chi connectivity index (χ0n) is 13.3. The first kappa shape index (κ1) is 18.0. The Labute approximate surface area is 158 Å². The lowest BCUT2D eigenvalue weighted by Gasteiger charge is -2.07. The number of carbonyl (C=O) groups excluding carboxylic acids is 1. The number of hydrogen-bond donors (Lipinski definition) is 0. The standard InChI is InChI=1S/C19H12Cl2O5/c1-2-7-24-19(23)26-12-4-6-14-17(9-12)25-10-15(18(14)22)13-5-3-11(20)8-16(13)21/h2-6,8-10H,1,7H2. The molecule has 0 fully saturated rings. The first-order chi connectivity index (χ1) is 12.5. The average molecular weight is 391 g/mol. The van der Waals surface area contributed by atoms with Crippen molar-refractivity contribution >= 4 is 40.3 Å². The van der Waals surface area contributed by atoms with Crippen LogP contribution in [0.15, 0.2) is 64.5 Å². The van der Waals surface area contributed by atoms with E-state index in [1.54, 1.807) is 18.2 Å². The van der Waals surface area contributed by atoms with Gasteiger partial charge in [-0.15, -0.1) is 0 Å². The molecule has 3 aromatic rings. The highest BCUT2D eigenvalue weighted by molar-refractivity contribution is 6.36. The average Bonchev–Trinajstić information content (AvgIpc) is 2.61. The van der Waals surface area contributed by atoms with Crippen molar-refractivity contribution in [2.24, 2.45) is 0 Å². The number of benzene rings is 2. The van der Waals surface area contributed by atoms with E-state index in [2.05, 4.69) is 6.58 Å². The molecule has 0 aliphatic heterocycles. The SMILES string of the molecule is C=CCOC(=O)Oc1ccc2c(=O)c(-c3ccc(Cl)cc3Cl)coc2c1. The molecule has 0 atom stereocenters. The Morgan fingerprint density at radius 3 is 2.69 bits per heavy atom. The fraction of sp³-hybridized carbons (Fsp3) is 0.0526. The molecule has 0 unspecified atom stereocenters. The molecule has 132 valence electrons. The zero-order chi connectivity index (χ0) is 18.7. The van der Waals surface area contributed by atoms with Crippen molar-refractivity contribution in [2.75, 3.05) is 6.61 Å². The minimum absolute atomic E-state index is 0.0344. The molecule has 2 aromatic carbocycles. The molecule has 0 saturated carbocycles. The van der Waals surface area contributed by atoms with Crippen LogP contribution >= 0.6 is 23.2 Å². The molecule has 0 amide bonds. The number of ether oxygens (including phenoxy) is 2. The number of rotatable bonds is 4. The molecule has 26 heavy (non-hydrogen) atoms. The quantitative estimate of drug-likeness (QED) is 0.335. The van der Waals surface area contributed by atoms with Crippen LogP contribution in [0, 0.1) is 0 Å². The van der Waals surface area contributed by atoms with Gasteiger partial charge in [0.05, 0.1) is 16.0 Å². The molecule has 1 heterocycles. The second-order valence-corrected chi connectivity index (χ2v) is 6.06. The first-order valence-corrected chi connectivity index (χ1v) is 8.21. The van der Waals surface area contributed by atoms with Crippen LogP contribution in [0.1, 0.15) is 0 Å². The summed E-state index contributed by atoms with van der Waals surface area (Å²) in [7, 11) is 0. The van der Waals surface area contributed by atoms with Crippen LogP contribution in [0.25, 0.3) is 22.1 Å². The van der Waals surface area contributed by atoms with Gasteiger partial charge in [0.25, 0.3) is 0 Å². The van der Waals surface area contributed by atoms with Crippen LogP contribution < -0.4 is 10.2 Å². The molecule has 0 aliphatic carbocycles. The summed E-state index contributed by atoms with van der Waals surface area (Å²) in [5.41, 5.74) is 0.812. The van der Waals surface area contributed by atoms with E-state index < -0.39 is 6.16 Å². The predicted molar refractivity (Wildman–Crippen MR) is 100 cm³/mol. The molecular formula is C19H12Cl2O5. The highest BCUT2D eigenvalue weighted by atomic mass is 35.5. The fourth-order valence-corrected chi connectivity index (χ4v) is 2.83. The molecule has 5 nitrogen and oxygen atoms in total. The third-order valence-corrected chi connectivity index (χ3v) is 4.04. The maximum atomic E-state index is 12.7. The van der Waals surface area contributed by atoms with Gasteiger partial charge in [0, 0.05) is 16.7 Å². The molecule has 0 aliphatic rings. The summed E-state index contributed by atoms with van der Waals surface area (Å²) in [5.74, 6) is 0.187. The zero-order valence-corrected chi connectivity index (χ0v) is 14.8. The van der Waals surface area contributed by atoms with E-state index in [1.807, 2.05) is 0 Å². The summed E-state index contributed by atoms with van der Waals surface area (Å²) >= 11 is 12.1. The lowest BCUT2D eigenvalue weighted by molar-refractivity contribution is 0.109. The normalized spacial score (nSPS) is 10.5. The van der Waals surface area contributed by atoms with Crippen molar-refractivity contribution in [1.82, 2.24) is 0 Å². The molecule has 0 radical (unpaired) electrons. The van der Waals surface area contributed by atoms with Crippen LogP contribution in [-0.4, -0.2) is 12.8 Å². The molecular weight excluding hydrogens is 379 g/mol. The molecule has 0 spiro atoms. The van der Waals surface area contributed by atoms with Gasteiger partial charge in [0.15, 0.2) is 0 Å². The van der Waals surface area contributed by atoms with Crippen molar-refractivity contribution in [3.8, 4) is 16.9 Å². The lowest BCUT2D eigenvalue weighted by Crippen LogP contribution is -2.11. The predicted octanol–water partition coefficient (Wildman–Crippen LogP) is 5.47. The van der Waals surface area contributed by atoms with Gasteiger partial charge in [-0.1, -0.05) is 41.9 Å².